The molecule has 1 saturated carbocycles. The Morgan fingerprint density at radius 2 is 2.14 bits per heavy atom. The highest BCUT2D eigenvalue weighted by molar-refractivity contribution is 8.13. The van der Waals surface area contributed by atoms with Crippen molar-refractivity contribution in [2.75, 3.05) is 7.11 Å². The van der Waals surface area contributed by atoms with Gasteiger partial charge in [-0.2, -0.15) is 0 Å². The highest BCUT2D eigenvalue weighted by atomic mass is 35.7. The van der Waals surface area contributed by atoms with Gasteiger partial charge in [0.05, 0.1) is 17.6 Å². The van der Waals surface area contributed by atoms with Gasteiger partial charge in [0.25, 0.3) is 15.0 Å². The zero-order chi connectivity index (χ0) is 15.6. The van der Waals surface area contributed by atoms with E-state index in [1.807, 2.05) is 6.92 Å². The van der Waals surface area contributed by atoms with Crippen LogP contribution in [0.15, 0.2) is 23.1 Å². The molecule has 1 fully saturated rings. The van der Waals surface area contributed by atoms with Crippen molar-refractivity contribution in [3.8, 4) is 5.75 Å². The second-order valence-corrected chi connectivity index (χ2v) is 7.92. The van der Waals surface area contributed by atoms with Crippen molar-refractivity contribution in [2.24, 2.45) is 5.92 Å². The lowest BCUT2D eigenvalue weighted by Crippen LogP contribution is -2.33. The number of amides is 1. The number of ether oxygens (including phenoxy) is 1. The number of hydrogen-bond acceptors (Lipinski definition) is 4. The van der Waals surface area contributed by atoms with Crippen LogP contribution < -0.4 is 10.1 Å². The summed E-state index contributed by atoms with van der Waals surface area (Å²) in [5.41, 5.74) is 0.168. The Bertz CT molecular complexity index is 640. The van der Waals surface area contributed by atoms with Gasteiger partial charge in [-0.15, -0.1) is 0 Å². The number of halogens is 1. The summed E-state index contributed by atoms with van der Waals surface area (Å²) in [6.07, 6.45) is 3.36. The maximum absolute atomic E-state index is 12.3. The second-order valence-electron chi connectivity index (χ2n) is 5.35. The van der Waals surface area contributed by atoms with E-state index in [2.05, 4.69) is 5.32 Å². The first-order chi connectivity index (χ1) is 9.81. The molecule has 1 atom stereocenters. The normalized spacial score (nSPS) is 16.3. The molecular formula is C14H18ClNO4S. The first-order valence-corrected chi connectivity index (χ1v) is 9.05. The minimum Gasteiger partial charge on any atom is -0.496 e. The molecular weight excluding hydrogens is 314 g/mol. The lowest BCUT2D eigenvalue weighted by atomic mass is 10.1. The van der Waals surface area contributed by atoms with Crippen LogP contribution in [0.4, 0.5) is 0 Å². The lowest BCUT2D eigenvalue weighted by Gasteiger charge is -2.15. The Balaban J connectivity index is 2.20. The monoisotopic (exact) mass is 331 g/mol. The third kappa shape index (κ3) is 4.35. The summed E-state index contributed by atoms with van der Waals surface area (Å²) in [5, 5.41) is 2.86. The third-order valence-corrected chi connectivity index (χ3v) is 4.81. The number of benzene rings is 1. The number of hydrogen-bond donors (Lipinski definition) is 1. The Morgan fingerprint density at radius 1 is 1.48 bits per heavy atom. The van der Waals surface area contributed by atoms with E-state index in [-0.39, 0.29) is 22.4 Å². The average molecular weight is 332 g/mol. The van der Waals surface area contributed by atoms with Crippen LogP contribution in [0, 0.1) is 5.92 Å². The van der Waals surface area contributed by atoms with Gasteiger partial charge in [-0.3, -0.25) is 4.79 Å². The van der Waals surface area contributed by atoms with Crippen LogP contribution in [0.5, 0.6) is 5.75 Å². The maximum Gasteiger partial charge on any atom is 0.261 e. The molecule has 0 heterocycles. The number of rotatable bonds is 6. The maximum atomic E-state index is 12.3. The van der Waals surface area contributed by atoms with E-state index in [1.165, 1.54) is 38.2 Å². The topological polar surface area (TPSA) is 72.5 Å². The number of carbonyl (C=O) groups is 1. The molecule has 1 aromatic rings. The lowest BCUT2D eigenvalue weighted by molar-refractivity contribution is 0.0934. The van der Waals surface area contributed by atoms with Gasteiger partial charge < -0.3 is 10.1 Å². The summed E-state index contributed by atoms with van der Waals surface area (Å²) in [7, 11) is 2.85. The van der Waals surface area contributed by atoms with E-state index in [0.717, 1.165) is 6.42 Å². The van der Waals surface area contributed by atoms with Crippen molar-refractivity contribution < 1.29 is 17.9 Å². The molecule has 1 unspecified atom stereocenters. The van der Waals surface area contributed by atoms with Crippen LogP contribution in [0.2, 0.25) is 0 Å². The van der Waals surface area contributed by atoms with E-state index in [4.69, 9.17) is 15.4 Å². The van der Waals surface area contributed by atoms with Crippen molar-refractivity contribution in [3.63, 3.8) is 0 Å². The fourth-order valence-corrected chi connectivity index (χ4v) is 3.01. The Labute approximate surface area is 129 Å². The van der Waals surface area contributed by atoms with E-state index in [1.54, 1.807) is 0 Å². The summed E-state index contributed by atoms with van der Waals surface area (Å²) < 4.78 is 27.9. The van der Waals surface area contributed by atoms with Crippen LogP contribution in [0.1, 0.15) is 36.5 Å². The minimum atomic E-state index is -3.88. The van der Waals surface area contributed by atoms with E-state index in [9.17, 15) is 13.2 Å². The van der Waals surface area contributed by atoms with Crippen LogP contribution in [-0.2, 0) is 9.05 Å². The van der Waals surface area contributed by atoms with Gasteiger partial charge in [0, 0.05) is 16.7 Å². The molecule has 0 aliphatic heterocycles. The van der Waals surface area contributed by atoms with Crippen LogP contribution in [-0.4, -0.2) is 27.5 Å². The molecule has 7 heteroatoms. The fraction of sp³-hybridized carbons (Fsp3) is 0.500. The van der Waals surface area contributed by atoms with E-state index >= 15 is 0 Å². The molecule has 0 aromatic heterocycles. The molecule has 1 N–H and O–H groups in total. The number of carbonyl (C=O) groups excluding carboxylic acids is 1. The molecule has 21 heavy (non-hydrogen) atoms. The Morgan fingerprint density at radius 3 is 2.67 bits per heavy atom. The van der Waals surface area contributed by atoms with Gasteiger partial charge in [0.15, 0.2) is 0 Å². The van der Waals surface area contributed by atoms with E-state index < -0.39 is 9.05 Å². The van der Waals surface area contributed by atoms with Crippen molar-refractivity contribution in [2.45, 2.75) is 37.1 Å². The first kappa shape index (κ1) is 16.1. The Kier molecular flexibility index (Phi) is 4.78. The van der Waals surface area contributed by atoms with E-state index in [0.29, 0.717) is 11.7 Å². The SMILES string of the molecule is COc1ccc(S(=O)(=O)Cl)cc1C(=O)NC(C)CC1CC1. The van der Waals surface area contributed by atoms with Gasteiger partial charge >= 0.3 is 0 Å². The quantitative estimate of drug-likeness (QED) is 0.813. The van der Waals surface area contributed by atoms with Crippen LogP contribution in [0.25, 0.3) is 0 Å². The zero-order valence-electron chi connectivity index (χ0n) is 11.9. The summed E-state index contributed by atoms with van der Waals surface area (Å²) in [4.78, 5) is 12.2. The predicted octanol–water partition coefficient (Wildman–Crippen LogP) is 2.54. The number of methoxy groups -OCH3 is 1. The first-order valence-electron chi connectivity index (χ1n) is 6.75. The van der Waals surface area contributed by atoms with Gasteiger partial charge in [-0.05, 0) is 37.5 Å². The standard InChI is InChI=1S/C14H18ClNO4S/c1-9(7-10-3-4-10)16-14(17)12-8-11(21(15,18)19)5-6-13(12)20-2/h5-6,8-10H,3-4,7H2,1-2H3,(H,16,17). The minimum absolute atomic E-state index is 0.0333. The second kappa shape index (κ2) is 6.23. The highest BCUT2D eigenvalue weighted by Gasteiger charge is 2.25. The van der Waals surface area contributed by atoms with Crippen LogP contribution >= 0.6 is 10.7 Å². The summed E-state index contributed by atoms with van der Waals surface area (Å²) in [5.74, 6) is 0.647. The zero-order valence-corrected chi connectivity index (χ0v) is 13.5. The van der Waals surface area contributed by atoms with Gasteiger partial charge in [-0.25, -0.2) is 8.42 Å². The highest BCUT2D eigenvalue weighted by Crippen LogP contribution is 2.33. The third-order valence-electron chi connectivity index (χ3n) is 3.46. The number of nitrogens with one attached hydrogen (secondary N) is 1. The molecule has 1 aliphatic rings. The largest absolute Gasteiger partial charge is 0.496 e. The fourth-order valence-electron chi connectivity index (χ4n) is 2.23. The molecule has 0 saturated heterocycles. The predicted molar refractivity (Wildman–Crippen MR) is 80.3 cm³/mol. The molecule has 1 aliphatic carbocycles. The summed E-state index contributed by atoms with van der Waals surface area (Å²) in [6.45, 7) is 1.94. The molecule has 5 nitrogen and oxygen atoms in total. The summed E-state index contributed by atoms with van der Waals surface area (Å²) in [6, 6.07) is 4.01. The molecule has 0 bridgehead atoms. The van der Waals surface area contributed by atoms with Crippen molar-refractivity contribution in [1.29, 1.82) is 0 Å². The summed E-state index contributed by atoms with van der Waals surface area (Å²) >= 11 is 0. The molecule has 116 valence electrons. The smallest absolute Gasteiger partial charge is 0.261 e. The van der Waals surface area contributed by atoms with Crippen molar-refractivity contribution in [3.05, 3.63) is 23.8 Å². The van der Waals surface area contributed by atoms with Gasteiger partial charge in [0.1, 0.15) is 5.75 Å². The molecule has 1 amide bonds. The Hall–Kier alpha value is -1.27. The molecule has 0 radical (unpaired) electrons. The van der Waals surface area contributed by atoms with Crippen LogP contribution in [0.3, 0.4) is 0 Å². The molecule has 0 spiro atoms. The van der Waals surface area contributed by atoms with Gasteiger partial charge in [-0.1, -0.05) is 12.8 Å². The van der Waals surface area contributed by atoms with Gasteiger partial charge in [0.2, 0.25) is 0 Å². The average Bonchev–Trinajstić information content (AvgIpc) is 3.20. The molecule has 2 rings (SSSR count). The van der Waals surface area contributed by atoms with Crippen molar-refractivity contribution >= 4 is 25.6 Å². The molecule has 1 aromatic carbocycles. The van der Waals surface area contributed by atoms with Crippen molar-refractivity contribution in [1.82, 2.24) is 5.32 Å².